The molecule has 11 nitrogen and oxygen atoms in total. The number of hydrogen-bond donors (Lipinski definition) is 1. The highest BCUT2D eigenvalue weighted by molar-refractivity contribution is 6.83. The molecule has 0 aromatic carbocycles. The van der Waals surface area contributed by atoms with Crippen LogP contribution in [0.4, 0.5) is 5.95 Å². The molecule has 0 bridgehead atoms. The molecule has 13 heteroatoms. The van der Waals surface area contributed by atoms with E-state index in [1.165, 1.54) is 12.4 Å². The van der Waals surface area contributed by atoms with Crippen molar-refractivity contribution in [1.29, 1.82) is 0 Å². The van der Waals surface area contributed by atoms with Crippen molar-refractivity contribution in [2.75, 3.05) is 6.61 Å². The van der Waals surface area contributed by atoms with Gasteiger partial charge in [-0.25, -0.2) is 0 Å². The first kappa shape index (κ1) is 26.3. The van der Waals surface area contributed by atoms with Gasteiger partial charge >= 0.3 is 23.1 Å². The molecule has 1 aromatic rings. The second kappa shape index (κ2) is 9.72. The molecular formula is C20H37N3O8Si2. The van der Waals surface area contributed by atoms with Crippen molar-refractivity contribution in [3.63, 3.8) is 0 Å². The Morgan fingerprint density at radius 2 is 1.70 bits per heavy atom. The number of aliphatic hydroxyl groups is 1. The Bertz CT molecular complexity index is 818. The van der Waals surface area contributed by atoms with Crippen molar-refractivity contribution in [2.45, 2.75) is 102 Å². The lowest BCUT2D eigenvalue weighted by atomic mass is 10.1. The van der Waals surface area contributed by atoms with Crippen LogP contribution in [0.15, 0.2) is 12.4 Å². The normalized spacial score (nSPS) is 29.4. The lowest BCUT2D eigenvalue weighted by Gasteiger charge is -2.51. The third-order valence-electron chi connectivity index (χ3n) is 6.59. The molecule has 0 aliphatic carbocycles. The van der Waals surface area contributed by atoms with E-state index in [9.17, 15) is 15.2 Å². The first-order valence-corrected chi connectivity index (χ1v) is 15.5. The average Bonchev–Trinajstić information content (AvgIpc) is 3.27. The number of nitrogens with zero attached hydrogens (tertiary/aromatic N) is 3. The number of nitro groups is 1. The Hall–Kier alpha value is -1.36. The fourth-order valence-electron chi connectivity index (χ4n) is 4.82. The van der Waals surface area contributed by atoms with E-state index in [2.05, 4.69) is 60.4 Å². The van der Waals surface area contributed by atoms with Crippen molar-refractivity contribution < 1.29 is 32.6 Å². The molecule has 0 amide bonds. The van der Waals surface area contributed by atoms with E-state index in [1.807, 2.05) is 0 Å². The van der Waals surface area contributed by atoms with Crippen LogP contribution < -0.4 is 4.84 Å². The van der Waals surface area contributed by atoms with Gasteiger partial charge in [0.2, 0.25) is 0 Å². The summed E-state index contributed by atoms with van der Waals surface area (Å²) in [5, 5.41) is 22.3. The molecule has 1 N–H and O–H groups in total. The summed E-state index contributed by atoms with van der Waals surface area (Å²) in [6.07, 6.45) is -1.19. The second-order valence-electron chi connectivity index (χ2n) is 10.0. The molecule has 0 saturated carbocycles. The standard InChI is InChI=1S/C20H37N3O8Si2/c1-12(2)32(13(3)4)27-11-16-18(30-33(31-32,14(5)6)15(7)8)17(24)19(28-16)29-22-10-9-21-20(22)23(25)26/h9-10,12-19,24H,11H2,1-8H3/t16-,17-,18-,19+/m1/s1. The van der Waals surface area contributed by atoms with Gasteiger partial charge in [-0.1, -0.05) is 60.4 Å². The molecule has 0 spiro atoms. The number of aromatic nitrogens is 2. The molecule has 2 fully saturated rings. The van der Waals surface area contributed by atoms with Gasteiger partial charge in [0, 0.05) is 0 Å². The SMILES string of the molecule is CC(C)[Si]1(C(C)C)OC[C@H]2O[C@@H](On3ccnc3[N+](=O)[O-])[C@H](O)[C@@H]2O[Si](C(C)C)(C(C)C)O1. The van der Waals surface area contributed by atoms with Crippen molar-refractivity contribution in [3.8, 4) is 0 Å². The zero-order valence-electron chi connectivity index (χ0n) is 20.6. The highest BCUT2D eigenvalue weighted by atomic mass is 28.5. The van der Waals surface area contributed by atoms with Crippen LogP contribution >= 0.6 is 0 Å². The largest absolute Gasteiger partial charge is 0.471 e. The molecule has 3 heterocycles. The fourth-order valence-corrected chi connectivity index (χ4v) is 16.0. The fraction of sp³-hybridized carbons (Fsp3) is 0.850. The van der Waals surface area contributed by atoms with E-state index in [4.69, 9.17) is 22.5 Å². The quantitative estimate of drug-likeness (QED) is 0.339. The Kier molecular flexibility index (Phi) is 7.73. The number of aliphatic hydroxyl groups excluding tert-OH is 1. The Morgan fingerprint density at radius 3 is 2.21 bits per heavy atom. The van der Waals surface area contributed by atoms with E-state index in [0.717, 1.165) is 4.73 Å². The predicted molar refractivity (Wildman–Crippen MR) is 124 cm³/mol. The molecule has 0 radical (unpaired) electrons. The van der Waals surface area contributed by atoms with Crippen molar-refractivity contribution in [1.82, 2.24) is 9.71 Å². The molecule has 188 valence electrons. The molecule has 2 aliphatic heterocycles. The molecule has 33 heavy (non-hydrogen) atoms. The van der Waals surface area contributed by atoms with Gasteiger partial charge in [0.1, 0.15) is 30.7 Å². The summed E-state index contributed by atoms with van der Waals surface area (Å²) in [5.74, 6) is -0.505. The summed E-state index contributed by atoms with van der Waals surface area (Å²) < 4.78 is 27.4. The maximum atomic E-state index is 11.2. The van der Waals surface area contributed by atoms with Gasteiger partial charge in [-0.05, 0) is 31.8 Å². The highest BCUT2D eigenvalue weighted by Gasteiger charge is 2.62. The minimum atomic E-state index is -2.93. The second-order valence-corrected chi connectivity index (χ2v) is 18.9. The molecule has 2 aliphatic rings. The number of imidazole rings is 1. The van der Waals surface area contributed by atoms with Crippen molar-refractivity contribution in [3.05, 3.63) is 22.5 Å². The van der Waals surface area contributed by atoms with E-state index in [0.29, 0.717) is 0 Å². The topological polar surface area (TPSA) is 127 Å². The zero-order chi connectivity index (χ0) is 24.7. The summed E-state index contributed by atoms with van der Waals surface area (Å²) in [7, 11) is -5.67. The molecule has 4 atom stereocenters. The van der Waals surface area contributed by atoms with Gasteiger partial charge in [-0.15, -0.1) is 0 Å². The Labute approximate surface area is 196 Å². The first-order chi connectivity index (χ1) is 15.4. The van der Waals surface area contributed by atoms with E-state index < -0.39 is 52.6 Å². The lowest BCUT2D eigenvalue weighted by Crippen LogP contribution is -2.65. The van der Waals surface area contributed by atoms with Crippen LogP contribution in [0.2, 0.25) is 22.2 Å². The third kappa shape index (κ3) is 4.64. The van der Waals surface area contributed by atoms with E-state index in [-0.39, 0.29) is 28.8 Å². The van der Waals surface area contributed by atoms with Gasteiger partial charge in [0.05, 0.1) is 6.61 Å². The lowest BCUT2D eigenvalue weighted by molar-refractivity contribution is -0.404. The third-order valence-corrected chi connectivity index (χ3v) is 16.8. The maximum absolute atomic E-state index is 11.2. The molecule has 3 rings (SSSR count). The van der Waals surface area contributed by atoms with Crippen LogP contribution in [0.3, 0.4) is 0 Å². The van der Waals surface area contributed by atoms with Crippen molar-refractivity contribution >= 4 is 23.1 Å². The number of rotatable bonds is 7. The van der Waals surface area contributed by atoms with Gasteiger partial charge < -0.3 is 37.8 Å². The monoisotopic (exact) mass is 503 g/mol. The van der Waals surface area contributed by atoms with Crippen LogP contribution in [-0.4, -0.2) is 68.1 Å². The van der Waals surface area contributed by atoms with Crippen LogP contribution in [0.1, 0.15) is 55.4 Å². The summed E-state index contributed by atoms with van der Waals surface area (Å²) >= 11 is 0. The van der Waals surface area contributed by atoms with E-state index >= 15 is 0 Å². The molecule has 0 unspecified atom stereocenters. The Morgan fingerprint density at radius 1 is 1.12 bits per heavy atom. The van der Waals surface area contributed by atoms with E-state index in [1.54, 1.807) is 0 Å². The number of fused-ring (bicyclic) bond motifs is 1. The average molecular weight is 504 g/mol. The first-order valence-electron chi connectivity index (χ1n) is 11.6. The van der Waals surface area contributed by atoms with Crippen LogP contribution in [0.5, 0.6) is 0 Å². The Balaban J connectivity index is 1.97. The van der Waals surface area contributed by atoms with Crippen LogP contribution in [0.25, 0.3) is 0 Å². The van der Waals surface area contributed by atoms with Gasteiger partial charge in [-0.3, -0.25) is 0 Å². The summed E-state index contributed by atoms with van der Waals surface area (Å²) in [6, 6.07) is 0. The molecule has 2 saturated heterocycles. The predicted octanol–water partition coefficient (Wildman–Crippen LogP) is 3.26. The minimum absolute atomic E-state index is 0.0890. The van der Waals surface area contributed by atoms with Gasteiger partial charge in [0.25, 0.3) is 6.29 Å². The van der Waals surface area contributed by atoms with Gasteiger partial charge in [-0.2, -0.15) is 0 Å². The van der Waals surface area contributed by atoms with Crippen LogP contribution in [-0.2, 0) is 17.7 Å². The molecule has 1 aromatic heterocycles. The molecular weight excluding hydrogens is 466 g/mol. The van der Waals surface area contributed by atoms with Gasteiger partial charge in [0.15, 0.2) is 0 Å². The number of ether oxygens (including phenoxy) is 1. The summed E-state index contributed by atoms with van der Waals surface area (Å²) in [5.41, 5.74) is 0.528. The minimum Gasteiger partial charge on any atom is -0.414 e. The zero-order valence-corrected chi connectivity index (χ0v) is 22.6. The summed E-state index contributed by atoms with van der Waals surface area (Å²) in [4.78, 5) is 19.8. The number of hydrogen-bond acceptors (Lipinski definition) is 9. The summed E-state index contributed by atoms with van der Waals surface area (Å²) in [6.45, 7) is 17.0. The maximum Gasteiger partial charge on any atom is 0.471 e. The smallest absolute Gasteiger partial charge is 0.414 e. The van der Waals surface area contributed by atoms with Crippen LogP contribution in [0, 0.1) is 10.1 Å². The van der Waals surface area contributed by atoms with Crippen molar-refractivity contribution in [2.24, 2.45) is 0 Å². The highest BCUT2D eigenvalue weighted by Crippen LogP contribution is 2.47.